The van der Waals surface area contributed by atoms with Crippen molar-refractivity contribution in [2.75, 3.05) is 19.6 Å². The summed E-state index contributed by atoms with van der Waals surface area (Å²) in [4.78, 5) is 18.5. The predicted molar refractivity (Wildman–Crippen MR) is 75.9 cm³/mol. The molecule has 0 aromatic carbocycles. The number of aromatic nitrogens is 1. The highest BCUT2D eigenvalue weighted by molar-refractivity contribution is 7.09. The lowest BCUT2D eigenvalue weighted by molar-refractivity contribution is 0.0684. The molecule has 0 spiro atoms. The van der Waals surface area contributed by atoms with Crippen LogP contribution in [0.3, 0.4) is 0 Å². The van der Waals surface area contributed by atoms with Crippen LogP contribution in [0, 0.1) is 12.3 Å². The van der Waals surface area contributed by atoms with Gasteiger partial charge in [0.1, 0.15) is 5.69 Å². The number of carbonyl (C=O) groups is 1. The molecule has 0 saturated carbocycles. The highest BCUT2D eigenvalue weighted by Gasteiger charge is 2.25. The normalized spacial score (nSPS) is 11.6. The Labute approximate surface area is 113 Å². The number of carbonyl (C=O) groups excluding carboxylic acids is 1. The Bertz CT molecular complexity index is 401. The fourth-order valence-corrected chi connectivity index (χ4v) is 2.31. The Morgan fingerprint density at radius 3 is 2.67 bits per heavy atom. The van der Waals surface area contributed by atoms with Gasteiger partial charge in [0.15, 0.2) is 0 Å². The van der Waals surface area contributed by atoms with Gasteiger partial charge in [0, 0.05) is 18.5 Å². The lowest BCUT2D eigenvalue weighted by atomic mass is 9.93. The Morgan fingerprint density at radius 2 is 2.22 bits per heavy atom. The monoisotopic (exact) mass is 269 g/mol. The number of thiazole rings is 1. The van der Waals surface area contributed by atoms with Crippen LogP contribution in [0.1, 0.15) is 42.7 Å². The quantitative estimate of drug-likeness (QED) is 0.862. The number of nitrogens with zero attached hydrogens (tertiary/aromatic N) is 2. The van der Waals surface area contributed by atoms with Crippen LogP contribution in [-0.4, -0.2) is 35.4 Å². The van der Waals surface area contributed by atoms with Crippen molar-refractivity contribution >= 4 is 17.2 Å². The van der Waals surface area contributed by atoms with E-state index in [-0.39, 0.29) is 11.3 Å². The third-order valence-electron chi connectivity index (χ3n) is 2.79. The van der Waals surface area contributed by atoms with Crippen LogP contribution < -0.4 is 5.73 Å². The van der Waals surface area contributed by atoms with Crippen LogP contribution in [0.5, 0.6) is 0 Å². The molecule has 0 saturated heterocycles. The number of aryl methyl sites for hydroxylation is 1. The number of hydrogen-bond acceptors (Lipinski definition) is 4. The molecule has 2 N–H and O–H groups in total. The first kappa shape index (κ1) is 15.1. The summed E-state index contributed by atoms with van der Waals surface area (Å²) in [7, 11) is 0. The topological polar surface area (TPSA) is 59.2 Å². The maximum Gasteiger partial charge on any atom is 0.273 e. The number of hydrogen-bond donors (Lipinski definition) is 1. The van der Waals surface area contributed by atoms with Gasteiger partial charge in [-0.05, 0) is 25.3 Å². The highest BCUT2D eigenvalue weighted by Crippen LogP contribution is 2.18. The van der Waals surface area contributed by atoms with Crippen LogP contribution in [-0.2, 0) is 0 Å². The molecule has 1 rings (SSSR count). The maximum atomic E-state index is 12.4. The van der Waals surface area contributed by atoms with Gasteiger partial charge < -0.3 is 10.6 Å². The number of nitrogens with two attached hydrogens (primary N) is 1. The van der Waals surface area contributed by atoms with Gasteiger partial charge in [0.25, 0.3) is 5.91 Å². The zero-order valence-electron chi connectivity index (χ0n) is 11.7. The third kappa shape index (κ3) is 4.07. The second-order valence-electron chi connectivity index (χ2n) is 5.35. The molecule has 1 aromatic heterocycles. The van der Waals surface area contributed by atoms with Gasteiger partial charge in [0.2, 0.25) is 0 Å². The SMILES string of the molecule is CCCN(CC(C)(C)CN)C(=O)c1csc(C)n1. The Morgan fingerprint density at radius 1 is 1.56 bits per heavy atom. The standard InChI is InChI=1S/C13H23N3OS/c1-5-6-16(9-13(3,4)8-14)12(17)11-7-18-10(2)15-11/h7H,5-6,8-9,14H2,1-4H3. The van der Waals surface area contributed by atoms with Crippen molar-refractivity contribution in [2.45, 2.75) is 34.1 Å². The van der Waals surface area contributed by atoms with E-state index >= 15 is 0 Å². The van der Waals surface area contributed by atoms with Gasteiger partial charge in [-0.1, -0.05) is 20.8 Å². The zero-order valence-corrected chi connectivity index (χ0v) is 12.5. The molecule has 0 bridgehead atoms. The van der Waals surface area contributed by atoms with Crippen LogP contribution in [0.2, 0.25) is 0 Å². The van der Waals surface area contributed by atoms with Crippen LogP contribution >= 0.6 is 11.3 Å². The van der Waals surface area contributed by atoms with E-state index in [1.165, 1.54) is 11.3 Å². The number of amides is 1. The average Bonchev–Trinajstić information content (AvgIpc) is 2.74. The second kappa shape index (κ2) is 6.29. The van der Waals surface area contributed by atoms with Crippen molar-refractivity contribution < 1.29 is 4.79 Å². The zero-order chi connectivity index (χ0) is 13.8. The van der Waals surface area contributed by atoms with E-state index in [4.69, 9.17) is 5.73 Å². The lowest BCUT2D eigenvalue weighted by Gasteiger charge is -2.31. The summed E-state index contributed by atoms with van der Waals surface area (Å²) in [6.45, 7) is 10.1. The molecule has 18 heavy (non-hydrogen) atoms. The summed E-state index contributed by atoms with van der Waals surface area (Å²) in [6.07, 6.45) is 0.940. The highest BCUT2D eigenvalue weighted by atomic mass is 32.1. The Kier molecular flexibility index (Phi) is 5.28. The van der Waals surface area contributed by atoms with Gasteiger partial charge >= 0.3 is 0 Å². The van der Waals surface area contributed by atoms with Crippen molar-refractivity contribution in [2.24, 2.45) is 11.1 Å². The smallest absolute Gasteiger partial charge is 0.273 e. The van der Waals surface area contributed by atoms with Gasteiger partial charge in [-0.25, -0.2) is 4.98 Å². The summed E-state index contributed by atoms with van der Waals surface area (Å²) < 4.78 is 0. The Balaban J connectivity index is 2.81. The minimum atomic E-state index is -0.0596. The van der Waals surface area contributed by atoms with E-state index in [0.717, 1.165) is 18.0 Å². The van der Waals surface area contributed by atoms with Crippen LogP contribution in [0.25, 0.3) is 0 Å². The lowest BCUT2D eigenvalue weighted by Crippen LogP contribution is -2.42. The van der Waals surface area contributed by atoms with E-state index in [1.54, 1.807) is 0 Å². The molecule has 102 valence electrons. The third-order valence-corrected chi connectivity index (χ3v) is 3.56. The van der Waals surface area contributed by atoms with Crippen molar-refractivity contribution in [3.63, 3.8) is 0 Å². The molecule has 0 aliphatic rings. The van der Waals surface area contributed by atoms with Gasteiger partial charge in [-0.15, -0.1) is 11.3 Å². The molecule has 1 heterocycles. The fourth-order valence-electron chi connectivity index (χ4n) is 1.73. The summed E-state index contributed by atoms with van der Waals surface area (Å²) in [5.74, 6) is 0.0164. The first-order valence-electron chi connectivity index (χ1n) is 6.31. The molecule has 0 aliphatic heterocycles. The first-order valence-corrected chi connectivity index (χ1v) is 7.19. The van der Waals surface area contributed by atoms with E-state index in [1.807, 2.05) is 17.2 Å². The molecule has 1 amide bonds. The molecule has 4 nitrogen and oxygen atoms in total. The number of rotatable bonds is 6. The fraction of sp³-hybridized carbons (Fsp3) is 0.692. The summed E-state index contributed by atoms with van der Waals surface area (Å²) in [6, 6.07) is 0. The van der Waals surface area contributed by atoms with Crippen molar-refractivity contribution in [1.82, 2.24) is 9.88 Å². The van der Waals surface area contributed by atoms with Crippen molar-refractivity contribution in [1.29, 1.82) is 0 Å². The van der Waals surface area contributed by atoms with Crippen LogP contribution in [0.15, 0.2) is 5.38 Å². The second-order valence-corrected chi connectivity index (χ2v) is 6.41. The largest absolute Gasteiger partial charge is 0.337 e. The predicted octanol–water partition coefficient (Wildman–Crippen LogP) is 2.29. The van der Waals surface area contributed by atoms with E-state index < -0.39 is 0 Å². The van der Waals surface area contributed by atoms with Gasteiger partial charge in [-0.3, -0.25) is 4.79 Å². The molecule has 0 unspecified atom stereocenters. The molecule has 5 heteroatoms. The molecular formula is C13H23N3OS. The average molecular weight is 269 g/mol. The molecular weight excluding hydrogens is 246 g/mol. The van der Waals surface area contributed by atoms with E-state index in [0.29, 0.717) is 18.8 Å². The molecule has 0 fully saturated rings. The van der Waals surface area contributed by atoms with E-state index in [9.17, 15) is 4.79 Å². The summed E-state index contributed by atoms with van der Waals surface area (Å²) in [5.41, 5.74) is 6.24. The van der Waals surface area contributed by atoms with E-state index in [2.05, 4.69) is 25.8 Å². The molecule has 1 aromatic rings. The maximum absolute atomic E-state index is 12.4. The summed E-state index contributed by atoms with van der Waals surface area (Å²) >= 11 is 1.51. The van der Waals surface area contributed by atoms with Gasteiger partial charge in [-0.2, -0.15) is 0 Å². The van der Waals surface area contributed by atoms with Crippen molar-refractivity contribution in [3.05, 3.63) is 16.1 Å². The van der Waals surface area contributed by atoms with Gasteiger partial charge in [0.05, 0.1) is 5.01 Å². The summed E-state index contributed by atoms with van der Waals surface area (Å²) in [5, 5.41) is 2.75. The minimum Gasteiger partial charge on any atom is -0.337 e. The Hall–Kier alpha value is -0.940. The minimum absolute atomic E-state index is 0.0164. The molecule has 0 aliphatic carbocycles. The van der Waals surface area contributed by atoms with Crippen LogP contribution in [0.4, 0.5) is 0 Å². The molecule has 0 radical (unpaired) electrons. The van der Waals surface area contributed by atoms with Crippen molar-refractivity contribution in [3.8, 4) is 0 Å². The molecule has 0 atom stereocenters. The first-order chi connectivity index (χ1) is 8.39.